The first kappa shape index (κ1) is 15.3. The summed E-state index contributed by atoms with van der Waals surface area (Å²) in [5.41, 5.74) is -2.14. The molecule has 1 spiro atoms. The molecular formula is C8H13N2O9P. The molecule has 1 unspecified atom stereocenters. The molecule has 0 aliphatic carbocycles. The number of ether oxygens (including phenoxy) is 1. The van der Waals surface area contributed by atoms with Gasteiger partial charge in [0.15, 0.2) is 0 Å². The summed E-state index contributed by atoms with van der Waals surface area (Å²) < 4.78 is 24.9. The van der Waals surface area contributed by atoms with Crippen molar-refractivity contribution in [2.75, 3.05) is 13.7 Å². The first-order chi connectivity index (χ1) is 9.22. The number of urea groups is 1. The Hall–Kier alpha value is -1.07. The number of aliphatic hydroxyl groups is 2. The van der Waals surface area contributed by atoms with Gasteiger partial charge in [0.25, 0.3) is 11.6 Å². The Morgan fingerprint density at radius 3 is 2.60 bits per heavy atom. The number of imide groups is 1. The average Bonchev–Trinajstić information content (AvgIpc) is 2.79. The van der Waals surface area contributed by atoms with Crippen LogP contribution in [0.25, 0.3) is 0 Å². The number of phosphoric acid groups is 1. The predicted molar refractivity (Wildman–Crippen MR) is 59.1 cm³/mol. The summed E-state index contributed by atoms with van der Waals surface area (Å²) in [6.07, 6.45) is -4.69. The third kappa shape index (κ3) is 2.44. The molecule has 114 valence electrons. The number of nitrogens with one attached hydrogen (secondary N) is 2. The maximum atomic E-state index is 11.6. The molecule has 5 N–H and O–H groups in total. The molecule has 0 bridgehead atoms. The normalized spacial score (nSPS) is 39.7. The standard InChI is InChI=1S/C8H13N2O9P/c1-17-20(15,16)18-2-3-4(11)5(12)8(19-3)6(13)9-7(14)10-8/h3-5,11-12H,2H2,1H3,(H,15,16)(H2,9,10,13,14)/t3-,4+,5+,8+/m1/s1. The van der Waals surface area contributed by atoms with Crippen LogP contribution < -0.4 is 10.6 Å². The lowest BCUT2D eigenvalue weighted by Gasteiger charge is -2.23. The largest absolute Gasteiger partial charge is 0.472 e. The Morgan fingerprint density at radius 1 is 1.45 bits per heavy atom. The van der Waals surface area contributed by atoms with E-state index in [1.54, 1.807) is 0 Å². The van der Waals surface area contributed by atoms with E-state index in [9.17, 15) is 24.4 Å². The zero-order chi connectivity index (χ0) is 15.1. The lowest BCUT2D eigenvalue weighted by Crippen LogP contribution is -2.56. The highest BCUT2D eigenvalue weighted by molar-refractivity contribution is 7.47. The van der Waals surface area contributed by atoms with E-state index in [2.05, 4.69) is 14.4 Å². The summed E-state index contributed by atoms with van der Waals surface area (Å²) in [5.74, 6) is -0.976. The van der Waals surface area contributed by atoms with Crippen molar-refractivity contribution in [2.45, 2.75) is 24.0 Å². The van der Waals surface area contributed by atoms with Gasteiger partial charge in [-0.25, -0.2) is 9.36 Å². The lowest BCUT2D eigenvalue weighted by atomic mass is 10.0. The maximum Gasteiger partial charge on any atom is 0.472 e. The number of phosphoric ester groups is 1. The van der Waals surface area contributed by atoms with Crippen molar-refractivity contribution in [3.05, 3.63) is 0 Å². The van der Waals surface area contributed by atoms with Crippen LogP contribution in [0.5, 0.6) is 0 Å². The molecule has 0 aromatic heterocycles. The van der Waals surface area contributed by atoms with Gasteiger partial charge < -0.3 is 19.8 Å². The number of hydrogen-bond donors (Lipinski definition) is 5. The highest BCUT2D eigenvalue weighted by Crippen LogP contribution is 2.43. The molecule has 2 rings (SSSR count). The van der Waals surface area contributed by atoms with E-state index >= 15 is 0 Å². The first-order valence-electron chi connectivity index (χ1n) is 5.42. The van der Waals surface area contributed by atoms with E-state index in [-0.39, 0.29) is 0 Å². The maximum absolute atomic E-state index is 11.6. The summed E-state index contributed by atoms with van der Waals surface area (Å²) in [4.78, 5) is 31.7. The number of hydrogen-bond acceptors (Lipinski definition) is 8. The van der Waals surface area contributed by atoms with Gasteiger partial charge >= 0.3 is 13.9 Å². The van der Waals surface area contributed by atoms with Crippen molar-refractivity contribution < 1.29 is 43.0 Å². The third-order valence-corrected chi connectivity index (χ3v) is 3.89. The van der Waals surface area contributed by atoms with Gasteiger partial charge in [-0.2, -0.15) is 0 Å². The Labute approximate surface area is 112 Å². The van der Waals surface area contributed by atoms with Crippen LogP contribution in [-0.2, 0) is 23.1 Å². The highest BCUT2D eigenvalue weighted by Gasteiger charge is 2.63. The molecule has 2 fully saturated rings. The van der Waals surface area contributed by atoms with E-state index in [0.717, 1.165) is 7.11 Å². The van der Waals surface area contributed by atoms with Gasteiger partial charge in [-0.3, -0.25) is 24.5 Å². The van der Waals surface area contributed by atoms with Crippen LogP contribution >= 0.6 is 7.82 Å². The van der Waals surface area contributed by atoms with Gasteiger partial charge in [-0.1, -0.05) is 0 Å². The third-order valence-electron chi connectivity index (χ3n) is 2.95. The van der Waals surface area contributed by atoms with Gasteiger partial charge in [0.2, 0.25) is 0 Å². The first-order valence-corrected chi connectivity index (χ1v) is 6.92. The molecule has 20 heavy (non-hydrogen) atoms. The van der Waals surface area contributed by atoms with Gasteiger partial charge in [0, 0.05) is 7.11 Å². The minimum Gasteiger partial charge on any atom is -0.387 e. The van der Waals surface area contributed by atoms with Crippen molar-refractivity contribution in [3.63, 3.8) is 0 Å². The number of rotatable bonds is 4. The highest BCUT2D eigenvalue weighted by atomic mass is 31.2. The second-order valence-electron chi connectivity index (χ2n) is 4.18. The molecule has 2 aliphatic rings. The minimum absolute atomic E-state index is 0.634. The van der Waals surface area contributed by atoms with Crippen molar-refractivity contribution in [1.29, 1.82) is 0 Å². The molecule has 3 amide bonds. The van der Waals surface area contributed by atoms with Crippen LogP contribution in [0, 0.1) is 0 Å². The van der Waals surface area contributed by atoms with Crippen molar-refractivity contribution in [1.82, 2.24) is 10.6 Å². The Balaban J connectivity index is 2.10. The molecule has 0 aromatic rings. The molecule has 0 saturated carbocycles. The number of carbonyl (C=O) groups excluding carboxylic acids is 2. The summed E-state index contributed by atoms with van der Waals surface area (Å²) in [6.45, 7) is -0.634. The molecule has 11 nitrogen and oxygen atoms in total. The Kier molecular flexibility index (Phi) is 3.86. The smallest absolute Gasteiger partial charge is 0.387 e. The second-order valence-corrected chi connectivity index (χ2v) is 5.74. The molecular weight excluding hydrogens is 299 g/mol. The lowest BCUT2D eigenvalue weighted by molar-refractivity contribution is -0.153. The van der Waals surface area contributed by atoms with E-state index in [4.69, 9.17) is 9.63 Å². The summed E-state index contributed by atoms with van der Waals surface area (Å²) in [6, 6.07) is -0.896. The minimum atomic E-state index is -4.30. The monoisotopic (exact) mass is 312 g/mol. The molecule has 2 heterocycles. The van der Waals surface area contributed by atoms with Gasteiger partial charge in [-0.05, 0) is 0 Å². The predicted octanol–water partition coefficient (Wildman–Crippen LogP) is -2.59. The van der Waals surface area contributed by atoms with E-state index in [1.807, 2.05) is 5.32 Å². The molecule has 5 atom stereocenters. The zero-order valence-electron chi connectivity index (χ0n) is 10.2. The van der Waals surface area contributed by atoms with Gasteiger partial charge in [-0.15, -0.1) is 0 Å². The average molecular weight is 312 g/mol. The van der Waals surface area contributed by atoms with E-state index < -0.39 is 50.4 Å². The zero-order valence-corrected chi connectivity index (χ0v) is 11.1. The van der Waals surface area contributed by atoms with Crippen LogP contribution in [0.2, 0.25) is 0 Å². The molecule has 2 saturated heterocycles. The van der Waals surface area contributed by atoms with E-state index in [0.29, 0.717) is 0 Å². The van der Waals surface area contributed by atoms with Crippen molar-refractivity contribution in [2.24, 2.45) is 0 Å². The van der Waals surface area contributed by atoms with Crippen LogP contribution in [0.1, 0.15) is 0 Å². The van der Waals surface area contributed by atoms with Gasteiger partial charge in [0.1, 0.15) is 18.3 Å². The Bertz CT molecular complexity index is 485. The van der Waals surface area contributed by atoms with Crippen LogP contribution in [-0.4, -0.2) is 64.8 Å². The van der Waals surface area contributed by atoms with E-state index in [1.165, 1.54) is 0 Å². The fraction of sp³-hybridized carbons (Fsp3) is 0.750. The molecule has 2 aliphatic heterocycles. The van der Waals surface area contributed by atoms with Crippen LogP contribution in [0.3, 0.4) is 0 Å². The molecule has 0 radical (unpaired) electrons. The Morgan fingerprint density at radius 2 is 2.10 bits per heavy atom. The van der Waals surface area contributed by atoms with Crippen molar-refractivity contribution in [3.8, 4) is 0 Å². The number of carbonyl (C=O) groups is 2. The quantitative estimate of drug-likeness (QED) is 0.276. The van der Waals surface area contributed by atoms with Crippen LogP contribution in [0.15, 0.2) is 0 Å². The van der Waals surface area contributed by atoms with Gasteiger partial charge in [0.05, 0.1) is 6.61 Å². The SMILES string of the molecule is COP(=O)(O)OC[C@H]1O[C@@]2(NC(=O)NC2=O)[C@@H](O)[C@H]1O. The topological polar surface area (TPSA) is 164 Å². The number of amides is 3. The second kappa shape index (κ2) is 5.04. The molecule has 0 aromatic carbocycles. The fourth-order valence-corrected chi connectivity index (χ4v) is 2.36. The summed E-state index contributed by atoms with van der Waals surface area (Å²) in [5, 5.41) is 23.5. The number of aliphatic hydroxyl groups excluding tert-OH is 2. The summed E-state index contributed by atoms with van der Waals surface area (Å²) in [7, 11) is -3.37. The summed E-state index contributed by atoms with van der Waals surface area (Å²) >= 11 is 0. The molecule has 12 heteroatoms. The van der Waals surface area contributed by atoms with Crippen molar-refractivity contribution >= 4 is 19.8 Å². The van der Waals surface area contributed by atoms with Crippen LogP contribution in [0.4, 0.5) is 4.79 Å². The fourth-order valence-electron chi connectivity index (χ4n) is 1.92.